The summed E-state index contributed by atoms with van der Waals surface area (Å²) in [5, 5.41) is 12.9. The molecule has 0 radical (unpaired) electrons. The van der Waals surface area contributed by atoms with Gasteiger partial charge in [-0.1, -0.05) is 31.5 Å². The van der Waals surface area contributed by atoms with Crippen molar-refractivity contribution in [3.8, 4) is 6.07 Å². The highest BCUT2D eigenvalue weighted by atomic mass is 32.2. The van der Waals surface area contributed by atoms with E-state index in [1.807, 2.05) is 0 Å². The van der Waals surface area contributed by atoms with Gasteiger partial charge in [0, 0.05) is 6.04 Å². The highest BCUT2D eigenvalue weighted by Gasteiger charge is 2.23. The average Bonchev–Trinajstić information content (AvgIpc) is 2.47. The van der Waals surface area contributed by atoms with Gasteiger partial charge in [0.1, 0.15) is 22.5 Å². The fraction of sp³-hybridized carbons (Fsp3) is 0.625. The second-order valence-corrected chi connectivity index (χ2v) is 6.84. The Balaban J connectivity index is 1.95. The summed E-state index contributed by atoms with van der Waals surface area (Å²) >= 11 is 1.31. The predicted molar refractivity (Wildman–Crippen MR) is 86.5 cm³/mol. The number of hydrogen-bond donors (Lipinski definition) is 1. The van der Waals surface area contributed by atoms with Gasteiger partial charge in [-0.3, -0.25) is 4.79 Å². The van der Waals surface area contributed by atoms with Crippen molar-refractivity contribution in [2.45, 2.75) is 57.5 Å². The van der Waals surface area contributed by atoms with Gasteiger partial charge in [0.05, 0.1) is 11.4 Å². The van der Waals surface area contributed by atoms with E-state index in [0.717, 1.165) is 6.42 Å². The fourth-order valence-corrected chi connectivity index (χ4v) is 3.71. The molecule has 1 heterocycles. The molecule has 5 nitrogen and oxygen atoms in total. The first-order chi connectivity index (χ1) is 10.5. The third-order valence-corrected chi connectivity index (χ3v) is 5.05. The molecule has 1 aromatic rings. The molecule has 0 bridgehead atoms. The molecule has 1 aliphatic carbocycles. The smallest absolute Gasteiger partial charge is 0.230 e. The summed E-state index contributed by atoms with van der Waals surface area (Å²) in [5.74, 6) is 1.47. The van der Waals surface area contributed by atoms with E-state index in [1.54, 1.807) is 13.8 Å². The standard InChI is InChI=1S/C16H22N4OS/c1-10-6-4-5-7-14(10)20-15(21)9-22-16-13(8-17)11(2)18-12(3)19-16/h10,14H,4-7,9H2,1-3H3,(H,20,21). The van der Waals surface area contributed by atoms with Crippen LogP contribution in [0.5, 0.6) is 0 Å². The molecule has 1 aromatic heterocycles. The van der Waals surface area contributed by atoms with E-state index in [4.69, 9.17) is 0 Å². The van der Waals surface area contributed by atoms with Crippen LogP contribution in [0.15, 0.2) is 5.03 Å². The summed E-state index contributed by atoms with van der Waals surface area (Å²) in [7, 11) is 0. The van der Waals surface area contributed by atoms with Gasteiger partial charge in [0.2, 0.25) is 5.91 Å². The van der Waals surface area contributed by atoms with Gasteiger partial charge in [0.15, 0.2) is 0 Å². The van der Waals surface area contributed by atoms with Crippen LogP contribution in [-0.4, -0.2) is 27.7 Å². The van der Waals surface area contributed by atoms with Crippen LogP contribution in [0.1, 0.15) is 49.7 Å². The van der Waals surface area contributed by atoms with Crippen molar-refractivity contribution in [3.05, 3.63) is 17.1 Å². The Labute approximate surface area is 135 Å². The number of amides is 1. The maximum Gasteiger partial charge on any atom is 0.230 e. The summed E-state index contributed by atoms with van der Waals surface area (Å²) in [6.45, 7) is 5.78. The highest BCUT2D eigenvalue weighted by Crippen LogP contribution is 2.25. The number of aryl methyl sites for hydroxylation is 2. The summed E-state index contributed by atoms with van der Waals surface area (Å²) in [4.78, 5) is 20.6. The Morgan fingerprint density at radius 1 is 1.36 bits per heavy atom. The van der Waals surface area contributed by atoms with Crippen LogP contribution in [0.25, 0.3) is 0 Å². The molecule has 1 saturated carbocycles. The minimum atomic E-state index is 0.0153. The molecule has 0 aromatic carbocycles. The third kappa shape index (κ3) is 4.20. The third-order valence-electron chi connectivity index (χ3n) is 4.08. The number of carbonyl (C=O) groups is 1. The van der Waals surface area contributed by atoms with Gasteiger partial charge in [-0.15, -0.1) is 0 Å². The lowest BCUT2D eigenvalue weighted by atomic mass is 9.86. The van der Waals surface area contributed by atoms with Crippen LogP contribution in [-0.2, 0) is 4.79 Å². The zero-order valence-corrected chi connectivity index (χ0v) is 14.2. The molecule has 2 unspecified atom stereocenters. The molecule has 1 N–H and O–H groups in total. The highest BCUT2D eigenvalue weighted by molar-refractivity contribution is 8.00. The van der Waals surface area contributed by atoms with Gasteiger partial charge in [-0.05, 0) is 32.6 Å². The van der Waals surface area contributed by atoms with E-state index in [-0.39, 0.29) is 17.7 Å². The van der Waals surface area contributed by atoms with E-state index in [9.17, 15) is 10.1 Å². The number of hydrogen-bond acceptors (Lipinski definition) is 5. The molecule has 118 valence electrons. The van der Waals surface area contributed by atoms with Crippen LogP contribution in [0.2, 0.25) is 0 Å². The molecule has 1 fully saturated rings. The number of nitrogens with one attached hydrogen (secondary N) is 1. The SMILES string of the molecule is Cc1nc(C)c(C#N)c(SCC(=O)NC2CCCCC2C)n1. The topological polar surface area (TPSA) is 78.7 Å². The monoisotopic (exact) mass is 318 g/mol. The zero-order chi connectivity index (χ0) is 16.1. The van der Waals surface area contributed by atoms with Crippen molar-refractivity contribution in [2.75, 3.05) is 5.75 Å². The van der Waals surface area contributed by atoms with Gasteiger partial charge >= 0.3 is 0 Å². The summed E-state index contributed by atoms with van der Waals surface area (Å²) in [5.41, 5.74) is 1.13. The molecule has 2 rings (SSSR count). The Morgan fingerprint density at radius 3 is 2.77 bits per heavy atom. The Bertz CT molecular complexity index is 597. The van der Waals surface area contributed by atoms with Crippen molar-refractivity contribution >= 4 is 17.7 Å². The van der Waals surface area contributed by atoms with Crippen molar-refractivity contribution < 1.29 is 4.79 Å². The lowest BCUT2D eigenvalue weighted by molar-refractivity contribution is -0.119. The Morgan fingerprint density at radius 2 is 2.09 bits per heavy atom. The quantitative estimate of drug-likeness (QED) is 0.682. The Hall–Kier alpha value is -1.61. The zero-order valence-electron chi connectivity index (χ0n) is 13.3. The van der Waals surface area contributed by atoms with Crippen LogP contribution in [0, 0.1) is 31.1 Å². The molecule has 22 heavy (non-hydrogen) atoms. The van der Waals surface area contributed by atoms with Gasteiger partial charge < -0.3 is 5.32 Å². The number of thioether (sulfide) groups is 1. The molecule has 0 aliphatic heterocycles. The van der Waals surface area contributed by atoms with Crippen LogP contribution < -0.4 is 5.32 Å². The van der Waals surface area contributed by atoms with E-state index in [0.29, 0.717) is 28.0 Å². The first-order valence-electron chi connectivity index (χ1n) is 7.68. The number of aromatic nitrogens is 2. The molecule has 0 saturated heterocycles. The van der Waals surface area contributed by atoms with E-state index < -0.39 is 0 Å². The second-order valence-electron chi connectivity index (χ2n) is 5.87. The second kappa shape index (κ2) is 7.59. The number of carbonyl (C=O) groups excluding carboxylic acids is 1. The van der Waals surface area contributed by atoms with E-state index in [1.165, 1.54) is 31.0 Å². The summed E-state index contributed by atoms with van der Waals surface area (Å²) in [6, 6.07) is 2.41. The molecule has 1 aliphatic rings. The van der Waals surface area contributed by atoms with Crippen molar-refractivity contribution in [1.82, 2.24) is 15.3 Å². The normalized spacial score (nSPS) is 21.2. The summed E-state index contributed by atoms with van der Waals surface area (Å²) in [6.07, 6.45) is 4.69. The number of nitrogens with zero attached hydrogens (tertiary/aromatic N) is 3. The van der Waals surface area contributed by atoms with Crippen LogP contribution in [0.3, 0.4) is 0 Å². The van der Waals surface area contributed by atoms with Crippen molar-refractivity contribution in [3.63, 3.8) is 0 Å². The van der Waals surface area contributed by atoms with Crippen LogP contribution >= 0.6 is 11.8 Å². The molecule has 0 spiro atoms. The summed E-state index contributed by atoms with van der Waals surface area (Å²) < 4.78 is 0. The maximum atomic E-state index is 12.1. The predicted octanol–water partition coefficient (Wildman–Crippen LogP) is 2.75. The molecular weight excluding hydrogens is 296 g/mol. The van der Waals surface area contributed by atoms with E-state index >= 15 is 0 Å². The number of nitriles is 1. The van der Waals surface area contributed by atoms with Gasteiger partial charge in [-0.25, -0.2) is 9.97 Å². The number of rotatable bonds is 4. The maximum absolute atomic E-state index is 12.1. The van der Waals surface area contributed by atoms with Gasteiger partial charge in [-0.2, -0.15) is 5.26 Å². The largest absolute Gasteiger partial charge is 0.352 e. The minimum absolute atomic E-state index is 0.0153. The molecule has 1 amide bonds. The van der Waals surface area contributed by atoms with Crippen molar-refractivity contribution in [1.29, 1.82) is 5.26 Å². The van der Waals surface area contributed by atoms with Gasteiger partial charge in [0.25, 0.3) is 0 Å². The first-order valence-corrected chi connectivity index (χ1v) is 8.67. The fourth-order valence-electron chi connectivity index (χ4n) is 2.83. The lowest BCUT2D eigenvalue weighted by Gasteiger charge is -2.29. The van der Waals surface area contributed by atoms with E-state index in [2.05, 4.69) is 28.3 Å². The first kappa shape index (κ1) is 16.8. The molecule has 2 atom stereocenters. The lowest BCUT2D eigenvalue weighted by Crippen LogP contribution is -2.41. The van der Waals surface area contributed by atoms with Crippen molar-refractivity contribution in [2.24, 2.45) is 5.92 Å². The minimum Gasteiger partial charge on any atom is -0.352 e. The molecular formula is C16H22N4OS. The molecule has 6 heteroatoms. The Kier molecular flexibility index (Phi) is 5.78. The van der Waals surface area contributed by atoms with Crippen LogP contribution in [0.4, 0.5) is 0 Å². The average molecular weight is 318 g/mol.